The molecule has 2 heterocycles. The van der Waals surface area contributed by atoms with Gasteiger partial charge in [-0.05, 0) is 18.9 Å². The molecule has 4 heteroatoms. The van der Waals surface area contributed by atoms with Gasteiger partial charge in [-0.1, -0.05) is 40.8 Å². The van der Waals surface area contributed by atoms with Crippen LogP contribution in [0.25, 0.3) is 10.9 Å². The molecule has 0 bridgehead atoms. The molecule has 3 nitrogen and oxygen atoms in total. The second kappa shape index (κ2) is 4.33. The lowest BCUT2D eigenvalue weighted by Gasteiger charge is -2.25. The van der Waals surface area contributed by atoms with Crippen molar-refractivity contribution in [1.82, 2.24) is 10.2 Å². The van der Waals surface area contributed by atoms with Crippen molar-refractivity contribution in [2.24, 2.45) is 0 Å². The van der Waals surface area contributed by atoms with Crippen LogP contribution in [0.4, 0.5) is 0 Å². The van der Waals surface area contributed by atoms with E-state index in [9.17, 15) is 0 Å². The average molecular weight is 328 g/mol. The molecule has 2 unspecified atom stereocenters. The number of aromatic nitrogens is 2. The number of nitrogens with zero attached hydrogens (tertiary/aromatic N) is 1. The van der Waals surface area contributed by atoms with Crippen molar-refractivity contribution in [3.8, 4) is 0 Å². The lowest BCUT2D eigenvalue weighted by atomic mass is 10.0. The number of rotatable bonds is 1. The van der Waals surface area contributed by atoms with Gasteiger partial charge < -0.3 is 4.74 Å². The summed E-state index contributed by atoms with van der Waals surface area (Å²) in [4.78, 5) is 0. The number of nitrogens with one attached hydrogen (secondary N) is 1. The van der Waals surface area contributed by atoms with Crippen LogP contribution in [0.1, 0.15) is 24.6 Å². The number of H-pyrrole nitrogens is 1. The number of ether oxygens (including phenoxy) is 1. The zero-order valence-electron chi connectivity index (χ0n) is 8.82. The summed E-state index contributed by atoms with van der Waals surface area (Å²) in [6.45, 7) is 0.853. The molecule has 2 aromatic rings. The molecule has 0 radical (unpaired) electrons. The van der Waals surface area contributed by atoms with Crippen molar-refractivity contribution < 1.29 is 4.74 Å². The van der Waals surface area contributed by atoms with E-state index in [2.05, 4.69) is 38.9 Å². The number of hydrogen-bond acceptors (Lipinski definition) is 2. The van der Waals surface area contributed by atoms with Gasteiger partial charge in [-0.3, -0.25) is 5.10 Å². The van der Waals surface area contributed by atoms with Crippen molar-refractivity contribution in [2.75, 3.05) is 6.61 Å². The fourth-order valence-electron chi connectivity index (χ4n) is 2.18. The van der Waals surface area contributed by atoms with Gasteiger partial charge in [-0.15, -0.1) is 0 Å². The van der Waals surface area contributed by atoms with Gasteiger partial charge in [0.1, 0.15) is 6.10 Å². The summed E-state index contributed by atoms with van der Waals surface area (Å²) in [5.74, 6) is 0. The van der Waals surface area contributed by atoms with Crippen LogP contribution in [0.15, 0.2) is 24.3 Å². The van der Waals surface area contributed by atoms with E-state index in [1.807, 2.05) is 18.2 Å². The highest BCUT2D eigenvalue weighted by Gasteiger charge is 2.24. The fraction of sp³-hybridized carbons (Fsp3) is 0.417. The summed E-state index contributed by atoms with van der Waals surface area (Å²) in [5.41, 5.74) is 2.16. The molecular formula is C12H13IN2O. The van der Waals surface area contributed by atoms with Gasteiger partial charge in [0.05, 0.1) is 11.2 Å². The minimum absolute atomic E-state index is 0.183. The van der Waals surface area contributed by atoms with Crippen molar-refractivity contribution in [3.63, 3.8) is 0 Å². The average Bonchev–Trinajstić information content (AvgIpc) is 2.72. The Kier molecular flexibility index (Phi) is 2.85. The number of fused-ring (bicyclic) bond motifs is 1. The van der Waals surface area contributed by atoms with E-state index >= 15 is 0 Å². The zero-order valence-corrected chi connectivity index (χ0v) is 11.0. The Morgan fingerprint density at radius 2 is 2.25 bits per heavy atom. The second-order valence-electron chi connectivity index (χ2n) is 4.14. The largest absolute Gasteiger partial charge is 0.372 e. The lowest BCUT2D eigenvalue weighted by Crippen LogP contribution is -2.19. The third-order valence-electron chi connectivity index (χ3n) is 3.03. The van der Waals surface area contributed by atoms with Crippen molar-refractivity contribution in [2.45, 2.75) is 22.9 Å². The van der Waals surface area contributed by atoms with Gasteiger partial charge in [0.25, 0.3) is 0 Å². The van der Waals surface area contributed by atoms with Gasteiger partial charge in [0.2, 0.25) is 0 Å². The molecule has 1 fully saturated rings. The molecule has 1 aliphatic heterocycles. The molecule has 1 saturated heterocycles. The number of para-hydroxylation sites is 1. The van der Waals surface area contributed by atoms with E-state index in [0.29, 0.717) is 3.92 Å². The van der Waals surface area contributed by atoms with Crippen LogP contribution in [0, 0.1) is 0 Å². The first-order valence-electron chi connectivity index (χ1n) is 5.53. The predicted octanol–water partition coefficient (Wildman–Crippen LogP) is 3.22. The molecule has 1 N–H and O–H groups in total. The van der Waals surface area contributed by atoms with Crippen molar-refractivity contribution in [3.05, 3.63) is 30.0 Å². The normalized spacial score (nSPS) is 26.1. The Balaban J connectivity index is 1.99. The molecule has 0 aliphatic carbocycles. The highest BCUT2D eigenvalue weighted by Crippen LogP contribution is 2.33. The summed E-state index contributed by atoms with van der Waals surface area (Å²) in [6, 6.07) is 8.19. The molecule has 16 heavy (non-hydrogen) atoms. The third kappa shape index (κ3) is 1.84. The standard InChI is InChI=1S/C12H13IN2O/c13-8-5-6-16-11(7-8)12-9-3-1-2-4-10(9)14-15-12/h1-4,8,11H,5-7H2,(H,14,15). The van der Waals surface area contributed by atoms with E-state index in [1.54, 1.807) is 0 Å². The van der Waals surface area contributed by atoms with Crippen LogP contribution in [0.5, 0.6) is 0 Å². The SMILES string of the molecule is IC1CCOC(c2[nH]nc3ccccc23)C1. The monoisotopic (exact) mass is 328 g/mol. The summed E-state index contributed by atoms with van der Waals surface area (Å²) >= 11 is 2.51. The van der Waals surface area contributed by atoms with Gasteiger partial charge in [-0.25, -0.2) is 0 Å². The number of halogens is 1. The topological polar surface area (TPSA) is 37.9 Å². The van der Waals surface area contributed by atoms with Crippen LogP contribution < -0.4 is 0 Å². The molecule has 2 atom stereocenters. The summed E-state index contributed by atoms with van der Waals surface area (Å²) in [5, 5.41) is 8.63. The van der Waals surface area contributed by atoms with Crippen LogP contribution in [0.2, 0.25) is 0 Å². The highest BCUT2D eigenvalue weighted by molar-refractivity contribution is 14.1. The quantitative estimate of drug-likeness (QED) is 0.645. The fourth-order valence-corrected chi connectivity index (χ4v) is 2.90. The Labute approximate surface area is 108 Å². The molecule has 0 amide bonds. The minimum atomic E-state index is 0.183. The summed E-state index contributed by atoms with van der Waals surface area (Å²) < 4.78 is 6.53. The molecule has 0 saturated carbocycles. The van der Waals surface area contributed by atoms with Gasteiger partial charge >= 0.3 is 0 Å². The Morgan fingerprint density at radius 1 is 1.38 bits per heavy atom. The molecular weight excluding hydrogens is 315 g/mol. The molecule has 1 aliphatic rings. The second-order valence-corrected chi connectivity index (χ2v) is 5.90. The molecule has 84 valence electrons. The molecule has 1 aromatic heterocycles. The van der Waals surface area contributed by atoms with Gasteiger partial charge in [-0.2, -0.15) is 5.10 Å². The number of hydrogen-bond donors (Lipinski definition) is 1. The van der Waals surface area contributed by atoms with Crippen LogP contribution in [-0.4, -0.2) is 20.7 Å². The summed E-state index contributed by atoms with van der Waals surface area (Å²) in [6.07, 6.45) is 2.42. The van der Waals surface area contributed by atoms with E-state index in [1.165, 1.54) is 5.39 Å². The molecule has 3 rings (SSSR count). The smallest absolute Gasteiger partial charge is 0.100 e. The van der Waals surface area contributed by atoms with E-state index in [0.717, 1.165) is 30.7 Å². The van der Waals surface area contributed by atoms with E-state index in [-0.39, 0.29) is 6.10 Å². The maximum atomic E-state index is 5.82. The number of benzene rings is 1. The zero-order chi connectivity index (χ0) is 11.0. The van der Waals surface area contributed by atoms with Crippen LogP contribution in [0.3, 0.4) is 0 Å². The first-order chi connectivity index (χ1) is 7.84. The highest BCUT2D eigenvalue weighted by atomic mass is 127. The number of aromatic amines is 1. The lowest BCUT2D eigenvalue weighted by molar-refractivity contribution is 0.0181. The molecule has 0 spiro atoms. The first kappa shape index (κ1) is 10.5. The predicted molar refractivity (Wildman–Crippen MR) is 71.8 cm³/mol. The van der Waals surface area contributed by atoms with Crippen molar-refractivity contribution in [1.29, 1.82) is 0 Å². The van der Waals surface area contributed by atoms with Gasteiger partial charge in [0, 0.05) is 15.9 Å². The minimum Gasteiger partial charge on any atom is -0.372 e. The Bertz CT molecular complexity index is 496. The maximum absolute atomic E-state index is 5.82. The van der Waals surface area contributed by atoms with Crippen LogP contribution in [-0.2, 0) is 4.74 Å². The Hall–Kier alpha value is -0.620. The summed E-state index contributed by atoms with van der Waals surface area (Å²) in [7, 11) is 0. The molecule has 1 aromatic carbocycles. The Morgan fingerprint density at radius 3 is 3.12 bits per heavy atom. The number of alkyl halides is 1. The van der Waals surface area contributed by atoms with E-state index in [4.69, 9.17) is 4.74 Å². The van der Waals surface area contributed by atoms with Gasteiger partial charge in [0.15, 0.2) is 0 Å². The third-order valence-corrected chi connectivity index (χ3v) is 4.16. The van der Waals surface area contributed by atoms with Crippen molar-refractivity contribution >= 4 is 33.5 Å². The van der Waals surface area contributed by atoms with E-state index < -0.39 is 0 Å². The first-order valence-corrected chi connectivity index (χ1v) is 6.78. The van der Waals surface area contributed by atoms with Crippen LogP contribution >= 0.6 is 22.6 Å². The maximum Gasteiger partial charge on any atom is 0.100 e.